The van der Waals surface area contributed by atoms with Crippen LogP contribution in [0.25, 0.3) is 10.9 Å². The Morgan fingerprint density at radius 3 is 2.56 bits per heavy atom. The van der Waals surface area contributed by atoms with Crippen molar-refractivity contribution in [2.24, 2.45) is 21.1 Å². The van der Waals surface area contributed by atoms with Crippen molar-refractivity contribution in [1.29, 1.82) is 0 Å². The van der Waals surface area contributed by atoms with Gasteiger partial charge in [-0.15, -0.1) is 10.2 Å². The molecular formula is C28H34BrN5O2. The lowest BCUT2D eigenvalue weighted by molar-refractivity contribution is 0.0995. The van der Waals surface area contributed by atoms with Crippen molar-refractivity contribution in [2.45, 2.75) is 52.7 Å². The first-order chi connectivity index (χ1) is 16.9. The maximum absolute atomic E-state index is 12.7. The standard InChI is InChI=1S/C28H34BrN5O2/c1-27(2)13-21-14-28(3,15-27)16-33(21)17-34-23-11-8-19(29)12-22(23)24(26(34)36)30-31-25(35)18-6-9-20(10-7-18)32(4)5/h6-12,21,36H,13-17H2,1-5H3/t21-,28+/m1/s1. The van der Waals surface area contributed by atoms with Crippen LogP contribution < -0.4 is 4.90 Å². The molecule has 36 heavy (non-hydrogen) atoms. The van der Waals surface area contributed by atoms with E-state index < -0.39 is 5.91 Å². The van der Waals surface area contributed by atoms with Crippen molar-refractivity contribution in [1.82, 2.24) is 9.47 Å². The number of carbonyl (C=O) groups is 1. The smallest absolute Gasteiger partial charge is 0.295 e. The molecule has 0 unspecified atom stereocenters. The Balaban J connectivity index is 1.46. The number of carbonyl (C=O) groups excluding carboxylic acids is 1. The number of rotatable bonds is 5. The summed E-state index contributed by atoms with van der Waals surface area (Å²) in [6.07, 6.45) is 3.56. The van der Waals surface area contributed by atoms with Crippen LogP contribution in [0, 0.1) is 10.8 Å². The molecule has 2 atom stereocenters. The monoisotopic (exact) mass is 551 g/mol. The van der Waals surface area contributed by atoms with Gasteiger partial charge in [0.1, 0.15) is 0 Å². The average Bonchev–Trinajstić information content (AvgIpc) is 3.19. The maximum atomic E-state index is 12.7. The highest BCUT2D eigenvalue weighted by molar-refractivity contribution is 9.10. The van der Waals surface area contributed by atoms with Gasteiger partial charge in [-0.3, -0.25) is 14.3 Å². The number of azo groups is 1. The Morgan fingerprint density at radius 2 is 1.86 bits per heavy atom. The molecule has 8 heteroatoms. The Hall–Kier alpha value is -2.71. The minimum absolute atomic E-state index is 0.0356. The second kappa shape index (κ2) is 8.99. The van der Waals surface area contributed by atoms with Crippen molar-refractivity contribution in [2.75, 3.05) is 25.5 Å². The number of hydrogen-bond acceptors (Lipinski definition) is 5. The lowest BCUT2D eigenvalue weighted by atomic mass is 9.65. The molecule has 0 spiro atoms. The average molecular weight is 553 g/mol. The van der Waals surface area contributed by atoms with E-state index in [-0.39, 0.29) is 5.88 Å². The summed E-state index contributed by atoms with van der Waals surface area (Å²) in [6.45, 7) is 8.71. The molecule has 2 bridgehead atoms. The summed E-state index contributed by atoms with van der Waals surface area (Å²) >= 11 is 3.54. The molecule has 1 saturated carbocycles. The second-order valence-corrected chi connectivity index (χ2v) is 12.7. The molecule has 2 aliphatic rings. The van der Waals surface area contributed by atoms with Gasteiger partial charge in [0, 0.05) is 47.8 Å². The van der Waals surface area contributed by atoms with Crippen molar-refractivity contribution in [3.8, 4) is 5.88 Å². The fourth-order valence-corrected chi connectivity index (χ4v) is 6.88. The number of hydrogen-bond donors (Lipinski definition) is 1. The number of aromatic nitrogens is 1. The van der Waals surface area contributed by atoms with E-state index in [9.17, 15) is 9.90 Å². The highest BCUT2D eigenvalue weighted by atomic mass is 79.9. The SMILES string of the molecule is CN(C)c1ccc(C(=O)N=Nc2c(O)n(CN3C[C@@]4(C)C[C@H]3CC(C)(C)C4)c3ccc(Br)cc23)cc1. The van der Waals surface area contributed by atoms with Gasteiger partial charge < -0.3 is 10.0 Å². The van der Waals surface area contributed by atoms with Crippen LogP contribution in [0.4, 0.5) is 11.4 Å². The minimum atomic E-state index is -0.445. The molecule has 5 rings (SSSR count). The molecular weight excluding hydrogens is 518 g/mol. The summed E-state index contributed by atoms with van der Waals surface area (Å²) in [6, 6.07) is 13.6. The third-order valence-electron chi connectivity index (χ3n) is 7.69. The molecule has 1 aromatic heterocycles. The molecule has 190 valence electrons. The highest BCUT2D eigenvalue weighted by Crippen LogP contribution is 2.53. The van der Waals surface area contributed by atoms with E-state index in [1.165, 1.54) is 12.8 Å². The normalized spacial score (nSPS) is 23.6. The summed E-state index contributed by atoms with van der Waals surface area (Å²) in [5, 5.41) is 20.3. The molecule has 0 radical (unpaired) electrons. The van der Waals surface area contributed by atoms with Crippen LogP contribution in [0.3, 0.4) is 0 Å². The Bertz CT molecular complexity index is 1340. The molecule has 7 nitrogen and oxygen atoms in total. The van der Waals surface area contributed by atoms with E-state index in [0.29, 0.717) is 34.8 Å². The summed E-state index contributed by atoms with van der Waals surface area (Å²) in [5.74, 6) is -0.410. The number of likely N-dealkylation sites (tertiary alicyclic amines) is 1. The Kier molecular flexibility index (Phi) is 6.24. The highest BCUT2D eigenvalue weighted by Gasteiger charge is 2.49. The fraction of sp³-hybridized carbons (Fsp3) is 0.464. The fourth-order valence-electron chi connectivity index (χ4n) is 6.52. The van der Waals surface area contributed by atoms with Crippen LogP contribution in [0.2, 0.25) is 0 Å². The van der Waals surface area contributed by atoms with Crippen molar-refractivity contribution >= 4 is 44.1 Å². The number of aromatic hydroxyl groups is 1. The Morgan fingerprint density at radius 1 is 1.14 bits per heavy atom. The zero-order valence-corrected chi connectivity index (χ0v) is 23.2. The van der Waals surface area contributed by atoms with E-state index >= 15 is 0 Å². The van der Waals surface area contributed by atoms with Crippen molar-refractivity contribution < 1.29 is 9.90 Å². The first-order valence-electron chi connectivity index (χ1n) is 12.4. The van der Waals surface area contributed by atoms with Gasteiger partial charge in [0.25, 0.3) is 5.91 Å². The third kappa shape index (κ3) is 4.68. The van der Waals surface area contributed by atoms with Crippen LogP contribution >= 0.6 is 15.9 Å². The van der Waals surface area contributed by atoms with Gasteiger partial charge in [0.15, 0.2) is 5.69 Å². The topological polar surface area (TPSA) is 73.4 Å². The van der Waals surface area contributed by atoms with E-state index in [1.54, 1.807) is 12.1 Å². The van der Waals surface area contributed by atoms with Gasteiger partial charge in [-0.05, 0) is 72.6 Å². The zero-order chi connectivity index (χ0) is 25.8. The van der Waals surface area contributed by atoms with Crippen LogP contribution in [-0.4, -0.2) is 47.2 Å². The number of halogens is 1. The summed E-state index contributed by atoms with van der Waals surface area (Å²) in [4.78, 5) is 17.2. The van der Waals surface area contributed by atoms with Gasteiger partial charge >= 0.3 is 0 Å². The second-order valence-electron chi connectivity index (χ2n) is 11.8. The van der Waals surface area contributed by atoms with E-state index in [2.05, 4.69) is 51.8 Å². The van der Waals surface area contributed by atoms with Gasteiger partial charge in [0.2, 0.25) is 5.88 Å². The molecule has 1 amide bonds. The van der Waals surface area contributed by atoms with Crippen LogP contribution in [-0.2, 0) is 6.67 Å². The van der Waals surface area contributed by atoms with Crippen LogP contribution in [0.15, 0.2) is 57.2 Å². The number of amides is 1. The molecule has 1 N–H and O–H groups in total. The van der Waals surface area contributed by atoms with E-state index in [0.717, 1.165) is 34.0 Å². The number of nitrogens with zero attached hydrogens (tertiary/aromatic N) is 5. The first kappa shape index (κ1) is 25.0. The molecule has 2 aromatic carbocycles. The van der Waals surface area contributed by atoms with Gasteiger partial charge in [-0.2, -0.15) is 0 Å². The van der Waals surface area contributed by atoms with Crippen LogP contribution in [0.1, 0.15) is 50.4 Å². The van der Waals surface area contributed by atoms with E-state index in [4.69, 9.17) is 0 Å². The van der Waals surface area contributed by atoms with Gasteiger partial charge in [-0.1, -0.05) is 36.7 Å². The van der Waals surface area contributed by atoms with Gasteiger partial charge in [0.05, 0.1) is 12.2 Å². The number of benzene rings is 2. The molecule has 1 saturated heterocycles. The maximum Gasteiger partial charge on any atom is 0.295 e. The number of fused-ring (bicyclic) bond motifs is 3. The first-order valence-corrected chi connectivity index (χ1v) is 13.2. The lowest BCUT2D eigenvalue weighted by Crippen LogP contribution is -2.35. The lowest BCUT2D eigenvalue weighted by Gasteiger charge is -2.40. The Labute approximate surface area is 220 Å². The molecule has 1 aliphatic carbocycles. The number of anilines is 1. The quantitative estimate of drug-likeness (QED) is 0.348. The zero-order valence-electron chi connectivity index (χ0n) is 21.6. The third-order valence-corrected chi connectivity index (χ3v) is 8.18. The summed E-state index contributed by atoms with van der Waals surface area (Å²) < 4.78 is 2.78. The molecule has 3 aromatic rings. The van der Waals surface area contributed by atoms with Crippen LogP contribution in [0.5, 0.6) is 5.88 Å². The summed E-state index contributed by atoms with van der Waals surface area (Å²) in [5.41, 5.74) is 3.26. The summed E-state index contributed by atoms with van der Waals surface area (Å²) in [7, 11) is 3.90. The van der Waals surface area contributed by atoms with Crippen molar-refractivity contribution in [3.63, 3.8) is 0 Å². The molecule has 2 heterocycles. The largest absolute Gasteiger partial charge is 0.493 e. The minimum Gasteiger partial charge on any atom is -0.493 e. The van der Waals surface area contributed by atoms with E-state index in [1.807, 2.05) is 53.9 Å². The predicted molar refractivity (Wildman–Crippen MR) is 147 cm³/mol. The van der Waals surface area contributed by atoms with Crippen molar-refractivity contribution in [3.05, 3.63) is 52.5 Å². The predicted octanol–water partition coefficient (Wildman–Crippen LogP) is 6.96. The molecule has 2 fully saturated rings. The molecule has 1 aliphatic heterocycles. The van der Waals surface area contributed by atoms with Gasteiger partial charge in [-0.25, -0.2) is 0 Å².